The van der Waals surface area contributed by atoms with Crippen molar-refractivity contribution < 1.29 is 14.3 Å². The number of nitrogens with one attached hydrogen (secondary N) is 1. The Balaban J connectivity index is 1.78. The lowest BCUT2D eigenvalue weighted by Gasteiger charge is -2.21. The summed E-state index contributed by atoms with van der Waals surface area (Å²) in [5.41, 5.74) is 1.04. The lowest BCUT2D eigenvalue weighted by molar-refractivity contribution is 0.171. The van der Waals surface area contributed by atoms with Gasteiger partial charge in [0, 0.05) is 20.1 Å². The number of rotatable bonds is 7. The molecule has 1 N–H and O–H groups in total. The van der Waals surface area contributed by atoms with Crippen molar-refractivity contribution >= 4 is 6.03 Å². The van der Waals surface area contributed by atoms with Crippen LogP contribution in [0.15, 0.2) is 18.2 Å². The predicted molar refractivity (Wildman–Crippen MR) is 86.4 cm³/mol. The lowest BCUT2D eigenvalue weighted by atomic mass is 10.2. The zero-order chi connectivity index (χ0) is 15.8. The highest BCUT2D eigenvalue weighted by molar-refractivity contribution is 5.73. The number of ether oxygens (including phenoxy) is 2. The minimum atomic E-state index is -0.0358. The average Bonchev–Trinajstić information content (AvgIpc) is 2.54. The second-order valence-electron chi connectivity index (χ2n) is 5.63. The Morgan fingerprint density at radius 2 is 1.95 bits per heavy atom. The number of amides is 2. The molecule has 5 nitrogen and oxygen atoms in total. The minimum Gasteiger partial charge on any atom is -0.486 e. The number of hydrogen-bond donors (Lipinski definition) is 1. The molecule has 0 aromatic heterocycles. The SMILES string of the molecule is CCCCCCNC(=O)N(C)Cc1ccc2c(c1)OCCO2. The van der Waals surface area contributed by atoms with Crippen LogP contribution in [0.4, 0.5) is 4.79 Å². The van der Waals surface area contributed by atoms with Gasteiger partial charge in [-0.1, -0.05) is 32.3 Å². The Kier molecular flexibility index (Phi) is 6.37. The van der Waals surface area contributed by atoms with Gasteiger partial charge >= 0.3 is 6.03 Å². The Labute approximate surface area is 132 Å². The van der Waals surface area contributed by atoms with E-state index in [9.17, 15) is 4.79 Å². The highest BCUT2D eigenvalue weighted by Crippen LogP contribution is 2.30. The topological polar surface area (TPSA) is 50.8 Å². The average molecular weight is 306 g/mol. The van der Waals surface area contributed by atoms with Crippen molar-refractivity contribution in [3.05, 3.63) is 23.8 Å². The van der Waals surface area contributed by atoms with E-state index in [2.05, 4.69) is 12.2 Å². The third kappa shape index (κ3) is 4.83. The van der Waals surface area contributed by atoms with Gasteiger partial charge in [0.15, 0.2) is 11.5 Å². The molecule has 1 aliphatic rings. The fraction of sp³-hybridized carbons (Fsp3) is 0.588. The molecule has 0 spiro atoms. The van der Waals surface area contributed by atoms with Gasteiger partial charge in [-0.15, -0.1) is 0 Å². The van der Waals surface area contributed by atoms with Crippen LogP contribution in [0.3, 0.4) is 0 Å². The number of hydrogen-bond acceptors (Lipinski definition) is 3. The van der Waals surface area contributed by atoms with Crippen molar-refractivity contribution in [3.8, 4) is 11.5 Å². The lowest BCUT2D eigenvalue weighted by Crippen LogP contribution is -2.37. The summed E-state index contributed by atoms with van der Waals surface area (Å²) < 4.78 is 11.1. The van der Waals surface area contributed by atoms with Crippen LogP contribution < -0.4 is 14.8 Å². The van der Waals surface area contributed by atoms with Crippen molar-refractivity contribution in [3.63, 3.8) is 0 Å². The standard InChI is InChI=1S/C17H26N2O3/c1-3-4-5-6-9-18-17(20)19(2)13-14-7-8-15-16(12-14)22-11-10-21-15/h7-8,12H,3-6,9-11,13H2,1-2H3,(H,18,20). The first-order valence-corrected chi connectivity index (χ1v) is 8.08. The van der Waals surface area contributed by atoms with Crippen LogP contribution in [-0.4, -0.2) is 37.7 Å². The molecule has 1 aliphatic heterocycles. The van der Waals surface area contributed by atoms with E-state index < -0.39 is 0 Å². The molecule has 1 heterocycles. The number of carbonyl (C=O) groups excluding carboxylic acids is 1. The zero-order valence-electron chi connectivity index (χ0n) is 13.6. The summed E-state index contributed by atoms with van der Waals surface area (Å²) >= 11 is 0. The molecule has 0 aliphatic carbocycles. The highest BCUT2D eigenvalue weighted by atomic mass is 16.6. The molecule has 2 amide bonds. The normalized spacial score (nSPS) is 12.8. The Morgan fingerprint density at radius 3 is 2.73 bits per heavy atom. The van der Waals surface area contributed by atoms with Gasteiger partial charge in [0.2, 0.25) is 0 Å². The third-order valence-corrected chi connectivity index (χ3v) is 3.68. The second-order valence-corrected chi connectivity index (χ2v) is 5.63. The summed E-state index contributed by atoms with van der Waals surface area (Å²) in [6.45, 7) is 4.64. The van der Waals surface area contributed by atoms with Crippen LogP contribution in [-0.2, 0) is 6.54 Å². The maximum absolute atomic E-state index is 12.0. The van der Waals surface area contributed by atoms with Crippen LogP contribution in [0.25, 0.3) is 0 Å². The minimum absolute atomic E-state index is 0.0358. The van der Waals surface area contributed by atoms with Gasteiger partial charge < -0.3 is 19.7 Å². The van der Waals surface area contributed by atoms with Crippen LogP contribution in [0.1, 0.15) is 38.2 Å². The quantitative estimate of drug-likeness (QED) is 0.787. The Bertz CT molecular complexity index is 491. The molecule has 0 bridgehead atoms. The van der Waals surface area contributed by atoms with E-state index in [1.165, 1.54) is 19.3 Å². The van der Waals surface area contributed by atoms with E-state index in [0.717, 1.165) is 30.0 Å². The molecule has 0 saturated heterocycles. The first-order valence-electron chi connectivity index (χ1n) is 8.08. The van der Waals surface area contributed by atoms with E-state index in [1.807, 2.05) is 18.2 Å². The molecule has 2 rings (SSSR count). The summed E-state index contributed by atoms with van der Waals surface area (Å²) in [5.74, 6) is 1.54. The van der Waals surface area contributed by atoms with Crippen molar-refractivity contribution in [1.29, 1.82) is 0 Å². The first-order chi connectivity index (χ1) is 10.7. The van der Waals surface area contributed by atoms with Gasteiger partial charge in [-0.3, -0.25) is 0 Å². The van der Waals surface area contributed by atoms with Crippen molar-refractivity contribution in [2.75, 3.05) is 26.8 Å². The summed E-state index contributed by atoms with van der Waals surface area (Å²) in [4.78, 5) is 13.7. The van der Waals surface area contributed by atoms with E-state index in [-0.39, 0.29) is 6.03 Å². The van der Waals surface area contributed by atoms with Gasteiger partial charge in [0.25, 0.3) is 0 Å². The van der Waals surface area contributed by atoms with E-state index in [4.69, 9.17) is 9.47 Å². The van der Waals surface area contributed by atoms with Gasteiger partial charge in [0.1, 0.15) is 13.2 Å². The Morgan fingerprint density at radius 1 is 1.18 bits per heavy atom. The van der Waals surface area contributed by atoms with Crippen LogP contribution in [0, 0.1) is 0 Å². The number of fused-ring (bicyclic) bond motifs is 1. The second kappa shape index (κ2) is 8.51. The van der Waals surface area contributed by atoms with Crippen LogP contribution in [0.2, 0.25) is 0 Å². The van der Waals surface area contributed by atoms with E-state index >= 15 is 0 Å². The molecule has 0 radical (unpaired) electrons. The number of unbranched alkanes of at least 4 members (excludes halogenated alkanes) is 3. The van der Waals surface area contributed by atoms with Crippen molar-refractivity contribution in [2.24, 2.45) is 0 Å². The maximum atomic E-state index is 12.0. The van der Waals surface area contributed by atoms with Gasteiger partial charge in [-0.05, 0) is 24.1 Å². The third-order valence-electron chi connectivity index (χ3n) is 3.68. The summed E-state index contributed by atoms with van der Waals surface area (Å²) in [6, 6.07) is 5.78. The molecular formula is C17H26N2O3. The first kappa shape index (κ1) is 16.5. The maximum Gasteiger partial charge on any atom is 0.317 e. The summed E-state index contributed by atoms with van der Waals surface area (Å²) in [6.07, 6.45) is 4.64. The van der Waals surface area contributed by atoms with Crippen molar-refractivity contribution in [2.45, 2.75) is 39.2 Å². The molecule has 0 atom stereocenters. The number of urea groups is 1. The van der Waals surface area contributed by atoms with Crippen molar-refractivity contribution in [1.82, 2.24) is 10.2 Å². The molecule has 122 valence electrons. The number of benzene rings is 1. The van der Waals surface area contributed by atoms with Crippen LogP contribution in [0.5, 0.6) is 11.5 Å². The van der Waals surface area contributed by atoms with Gasteiger partial charge in [-0.2, -0.15) is 0 Å². The molecule has 22 heavy (non-hydrogen) atoms. The fourth-order valence-electron chi connectivity index (χ4n) is 2.41. The van der Waals surface area contributed by atoms with Gasteiger partial charge in [-0.25, -0.2) is 4.79 Å². The fourth-order valence-corrected chi connectivity index (χ4v) is 2.41. The molecule has 1 aromatic rings. The number of carbonyl (C=O) groups is 1. The van der Waals surface area contributed by atoms with E-state index in [0.29, 0.717) is 19.8 Å². The molecule has 5 heteroatoms. The monoisotopic (exact) mass is 306 g/mol. The molecule has 0 fully saturated rings. The van der Waals surface area contributed by atoms with E-state index in [1.54, 1.807) is 11.9 Å². The zero-order valence-corrected chi connectivity index (χ0v) is 13.6. The molecular weight excluding hydrogens is 280 g/mol. The predicted octanol–water partition coefficient (Wildman–Crippen LogP) is 3.18. The largest absolute Gasteiger partial charge is 0.486 e. The summed E-state index contributed by atoms with van der Waals surface area (Å²) in [5, 5.41) is 2.95. The van der Waals surface area contributed by atoms with Crippen LogP contribution >= 0.6 is 0 Å². The Hall–Kier alpha value is -1.91. The van der Waals surface area contributed by atoms with Gasteiger partial charge in [0.05, 0.1) is 0 Å². The summed E-state index contributed by atoms with van der Waals surface area (Å²) in [7, 11) is 1.80. The smallest absolute Gasteiger partial charge is 0.317 e. The molecule has 0 saturated carbocycles. The molecule has 0 unspecified atom stereocenters. The highest BCUT2D eigenvalue weighted by Gasteiger charge is 2.14. The number of nitrogens with zero attached hydrogens (tertiary/aromatic N) is 1. The molecule has 1 aromatic carbocycles.